The first kappa shape index (κ1) is 15.5. The standard InChI is InChI=1S/C16H15F4N/c1-10-2-4-11(5-3-10)8-15(21)12-6-7-14(17)13(9-12)16(18,19)20/h2-7,9,15H,8,21H2,1H3. The molecule has 21 heavy (non-hydrogen) atoms. The van der Waals surface area contributed by atoms with E-state index < -0.39 is 23.6 Å². The summed E-state index contributed by atoms with van der Waals surface area (Å²) in [5.74, 6) is -1.28. The van der Waals surface area contributed by atoms with Gasteiger partial charge in [0.1, 0.15) is 5.82 Å². The zero-order valence-corrected chi connectivity index (χ0v) is 11.4. The van der Waals surface area contributed by atoms with Gasteiger partial charge >= 0.3 is 6.18 Å². The molecule has 0 aliphatic rings. The van der Waals surface area contributed by atoms with Gasteiger partial charge in [0, 0.05) is 6.04 Å². The molecule has 0 aliphatic heterocycles. The van der Waals surface area contributed by atoms with Crippen molar-refractivity contribution >= 4 is 0 Å². The maximum Gasteiger partial charge on any atom is 0.419 e. The van der Waals surface area contributed by atoms with E-state index in [4.69, 9.17) is 5.73 Å². The lowest BCUT2D eigenvalue weighted by molar-refractivity contribution is -0.140. The van der Waals surface area contributed by atoms with E-state index in [0.717, 1.165) is 23.3 Å². The largest absolute Gasteiger partial charge is 0.419 e. The van der Waals surface area contributed by atoms with Crippen LogP contribution in [0.15, 0.2) is 42.5 Å². The maximum absolute atomic E-state index is 13.2. The molecule has 0 spiro atoms. The minimum absolute atomic E-state index is 0.268. The lowest BCUT2D eigenvalue weighted by atomic mass is 9.97. The van der Waals surface area contributed by atoms with Crippen LogP contribution < -0.4 is 5.73 Å². The monoisotopic (exact) mass is 297 g/mol. The van der Waals surface area contributed by atoms with Gasteiger partial charge in [0.25, 0.3) is 0 Å². The second-order valence-corrected chi connectivity index (χ2v) is 5.03. The van der Waals surface area contributed by atoms with Crippen LogP contribution in [0.2, 0.25) is 0 Å². The molecule has 0 aliphatic carbocycles. The average molecular weight is 297 g/mol. The van der Waals surface area contributed by atoms with Gasteiger partial charge in [0.2, 0.25) is 0 Å². The summed E-state index contributed by atoms with van der Waals surface area (Å²) in [6.07, 6.45) is -4.33. The van der Waals surface area contributed by atoms with Crippen molar-refractivity contribution in [1.29, 1.82) is 0 Å². The Labute approximate surface area is 120 Å². The molecular formula is C16H15F4N. The number of halogens is 4. The van der Waals surface area contributed by atoms with Gasteiger partial charge in [-0.1, -0.05) is 35.9 Å². The molecule has 0 fully saturated rings. The third kappa shape index (κ3) is 3.82. The second kappa shape index (κ2) is 5.85. The van der Waals surface area contributed by atoms with E-state index in [9.17, 15) is 17.6 Å². The topological polar surface area (TPSA) is 26.0 Å². The molecule has 0 saturated heterocycles. The first-order valence-corrected chi connectivity index (χ1v) is 6.45. The number of aryl methyl sites for hydroxylation is 1. The molecule has 0 heterocycles. The highest BCUT2D eigenvalue weighted by molar-refractivity contribution is 5.31. The van der Waals surface area contributed by atoms with Crippen LogP contribution >= 0.6 is 0 Å². The van der Waals surface area contributed by atoms with Crippen LogP contribution in [0.1, 0.15) is 28.3 Å². The first-order valence-electron chi connectivity index (χ1n) is 6.45. The van der Waals surface area contributed by atoms with Crippen LogP contribution in [0, 0.1) is 12.7 Å². The van der Waals surface area contributed by atoms with Gasteiger partial charge in [-0.05, 0) is 36.6 Å². The Hall–Kier alpha value is -1.88. The molecule has 0 bridgehead atoms. The fourth-order valence-electron chi connectivity index (χ4n) is 2.09. The van der Waals surface area contributed by atoms with Crippen molar-refractivity contribution < 1.29 is 17.6 Å². The first-order chi connectivity index (χ1) is 9.77. The van der Waals surface area contributed by atoms with Crippen LogP contribution in [-0.4, -0.2) is 0 Å². The summed E-state index contributed by atoms with van der Waals surface area (Å²) in [6.45, 7) is 1.94. The van der Waals surface area contributed by atoms with Crippen molar-refractivity contribution in [2.24, 2.45) is 5.73 Å². The van der Waals surface area contributed by atoms with Crippen molar-refractivity contribution in [3.63, 3.8) is 0 Å². The number of hydrogen-bond donors (Lipinski definition) is 1. The highest BCUT2D eigenvalue weighted by Crippen LogP contribution is 2.33. The lowest BCUT2D eigenvalue weighted by Crippen LogP contribution is -2.16. The predicted octanol–water partition coefficient (Wildman–Crippen LogP) is 4.40. The fraction of sp³-hybridized carbons (Fsp3) is 0.250. The van der Waals surface area contributed by atoms with Crippen LogP contribution in [-0.2, 0) is 12.6 Å². The van der Waals surface area contributed by atoms with Crippen molar-refractivity contribution in [3.8, 4) is 0 Å². The minimum Gasteiger partial charge on any atom is -0.324 e. The van der Waals surface area contributed by atoms with Crippen molar-refractivity contribution in [2.45, 2.75) is 25.6 Å². The zero-order valence-electron chi connectivity index (χ0n) is 11.4. The molecular weight excluding hydrogens is 282 g/mol. The van der Waals surface area contributed by atoms with E-state index in [1.165, 1.54) is 6.07 Å². The van der Waals surface area contributed by atoms with Gasteiger partial charge in [-0.25, -0.2) is 4.39 Å². The number of rotatable bonds is 3. The molecule has 0 amide bonds. The highest BCUT2D eigenvalue weighted by Gasteiger charge is 2.34. The summed E-state index contributed by atoms with van der Waals surface area (Å²) >= 11 is 0. The van der Waals surface area contributed by atoms with Gasteiger partial charge < -0.3 is 5.73 Å². The summed E-state index contributed by atoms with van der Waals surface area (Å²) in [5.41, 5.74) is 6.94. The molecule has 0 radical (unpaired) electrons. The normalized spacial score (nSPS) is 13.2. The van der Waals surface area contributed by atoms with Crippen LogP contribution in [0.3, 0.4) is 0 Å². The minimum atomic E-state index is -4.72. The molecule has 2 aromatic rings. The van der Waals surface area contributed by atoms with Crippen LogP contribution in [0.5, 0.6) is 0 Å². The van der Waals surface area contributed by atoms with Crippen molar-refractivity contribution in [2.75, 3.05) is 0 Å². The zero-order chi connectivity index (χ0) is 15.6. The van der Waals surface area contributed by atoms with Crippen LogP contribution in [0.4, 0.5) is 17.6 Å². The molecule has 1 unspecified atom stereocenters. The van der Waals surface area contributed by atoms with E-state index >= 15 is 0 Å². The summed E-state index contributed by atoms with van der Waals surface area (Å²) in [4.78, 5) is 0. The Kier molecular flexibility index (Phi) is 4.32. The molecule has 2 N–H and O–H groups in total. The van der Waals surface area contributed by atoms with E-state index in [1.807, 2.05) is 31.2 Å². The summed E-state index contributed by atoms with van der Waals surface area (Å²) in [6, 6.07) is 9.86. The highest BCUT2D eigenvalue weighted by atomic mass is 19.4. The summed E-state index contributed by atoms with van der Waals surface area (Å²) < 4.78 is 51.3. The molecule has 2 rings (SSSR count). The second-order valence-electron chi connectivity index (χ2n) is 5.03. The van der Waals surface area contributed by atoms with Crippen LogP contribution in [0.25, 0.3) is 0 Å². The third-order valence-electron chi connectivity index (χ3n) is 3.30. The van der Waals surface area contributed by atoms with E-state index in [1.54, 1.807) is 0 Å². The maximum atomic E-state index is 13.2. The Morgan fingerprint density at radius 3 is 2.24 bits per heavy atom. The Morgan fingerprint density at radius 2 is 1.67 bits per heavy atom. The number of benzene rings is 2. The Morgan fingerprint density at radius 1 is 1.05 bits per heavy atom. The van der Waals surface area contributed by atoms with E-state index in [-0.39, 0.29) is 5.56 Å². The fourth-order valence-corrected chi connectivity index (χ4v) is 2.09. The Balaban J connectivity index is 2.23. The quantitative estimate of drug-likeness (QED) is 0.835. The molecule has 112 valence electrons. The van der Waals surface area contributed by atoms with E-state index in [0.29, 0.717) is 6.42 Å². The molecule has 1 nitrogen and oxygen atoms in total. The smallest absolute Gasteiger partial charge is 0.324 e. The average Bonchev–Trinajstić information content (AvgIpc) is 2.40. The van der Waals surface area contributed by atoms with Crippen molar-refractivity contribution in [1.82, 2.24) is 0 Å². The number of nitrogens with two attached hydrogens (primary N) is 1. The van der Waals surface area contributed by atoms with Gasteiger partial charge in [-0.3, -0.25) is 0 Å². The predicted molar refractivity (Wildman–Crippen MR) is 73.2 cm³/mol. The molecule has 0 saturated carbocycles. The number of alkyl halides is 3. The molecule has 5 heteroatoms. The summed E-state index contributed by atoms with van der Waals surface area (Å²) in [7, 11) is 0. The lowest BCUT2D eigenvalue weighted by Gasteiger charge is -2.15. The summed E-state index contributed by atoms with van der Waals surface area (Å²) in [5, 5.41) is 0. The van der Waals surface area contributed by atoms with Gasteiger partial charge in [0.15, 0.2) is 0 Å². The molecule has 0 aromatic heterocycles. The van der Waals surface area contributed by atoms with Crippen molar-refractivity contribution in [3.05, 3.63) is 70.5 Å². The van der Waals surface area contributed by atoms with Gasteiger partial charge in [0.05, 0.1) is 5.56 Å². The van der Waals surface area contributed by atoms with Gasteiger partial charge in [-0.15, -0.1) is 0 Å². The third-order valence-corrected chi connectivity index (χ3v) is 3.30. The van der Waals surface area contributed by atoms with Gasteiger partial charge in [-0.2, -0.15) is 13.2 Å². The molecule has 2 aromatic carbocycles. The number of hydrogen-bond acceptors (Lipinski definition) is 1. The Bertz CT molecular complexity index is 617. The van der Waals surface area contributed by atoms with E-state index in [2.05, 4.69) is 0 Å². The SMILES string of the molecule is Cc1ccc(CC(N)c2ccc(F)c(C(F)(F)F)c2)cc1. The molecule has 1 atom stereocenters.